The number of alkyl carbamates (subject to hydrolysis) is 1. The number of methoxy groups -OCH3 is 1. The van der Waals surface area contributed by atoms with Gasteiger partial charge in [0, 0.05) is 12.5 Å². The normalized spacial score (nSPS) is 19.0. The molecule has 2 atom stereocenters. The van der Waals surface area contributed by atoms with Crippen LogP contribution in [-0.2, 0) is 25.6 Å². The topological polar surface area (TPSA) is 73.9 Å². The van der Waals surface area contributed by atoms with E-state index in [1.807, 2.05) is 30.3 Å². The highest BCUT2D eigenvalue weighted by Gasteiger charge is 2.32. The largest absolute Gasteiger partial charge is 0.467 e. The molecule has 0 saturated carbocycles. The molecule has 1 saturated heterocycles. The third kappa shape index (κ3) is 4.73. The SMILES string of the molecule is COC(=O)C(NC(=O)OCc1ccccc1)[C@@H]1CCCOC1. The summed E-state index contributed by atoms with van der Waals surface area (Å²) in [6.45, 7) is 1.27. The Morgan fingerprint density at radius 1 is 1.36 bits per heavy atom. The lowest BCUT2D eigenvalue weighted by Gasteiger charge is -2.28. The number of hydrogen-bond acceptors (Lipinski definition) is 5. The zero-order valence-corrected chi connectivity index (χ0v) is 12.6. The summed E-state index contributed by atoms with van der Waals surface area (Å²) in [5, 5.41) is 2.59. The molecule has 1 aliphatic rings. The van der Waals surface area contributed by atoms with Gasteiger partial charge in [-0.15, -0.1) is 0 Å². The number of rotatable bonds is 5. The average Bonchev–Trinajstić information content (AvgIpc) is 2.59. The molecule has 1 fully saturated rings. The van der Waals surface area contributed by atoms with Gasteiger partial charge in [-0.25, -0.2) is 9.59 Å². The molecule has 22 heavy (non-hydrogen) atoms. The molecule has 120 valence electrons. The fraction of sp³-hybridized carbons (Fsp3) is 0.500. The van der Waals surface area contributed by atoms with Crippen molar-refractivity contribution in [3.8, 4) is 0 Å². The predicted octanol–water partition coefficient (Wildman–Crippen LogP) is 1.88. The molecule has 6 heteroatoms. The first-order chi connectivity index (χ1) is 10.7. The quantitative estimate of drug-likeness (QED) is 0.841. The third-order valence-electron chi connectivity index (χ3n) is 3.61. The zero-order chi connectivity index (χ0) is 15.8. The molecular formula is C16H21NO5. The second-order valence-corrected chi connectivity index (χ2v) is 5.18. The van der Waals surface area contributed by atoms with E-state index in [1.54, 1.807) is 0 Å². The van der Waals surface area contributed by atoms with Gasteiger partial charge < -0.3 is 19.5 Å². The van der Waals surface area contributed by atoms with E-state index in [1.165, 1.54) is 7.11 Å². The summed E-state index contributed by atoms with van der Waals surface area (Å²) in [7, 11) is 1.30. The molecule has 1 N–H and O–H groups in total. The lowest BCUT2D eigenvalue weighted by Crippen LogP contribution is -2.49. The van der Waals surface area contributed by atoms with Gasteiger partial charge in [0.15, 0.2) is 0 Å². The Hall–Kier alpha value is -2.08. The van der Waals surface area contributed by atoms with E-state index in [0.717, 1.165) is 18.4 Å². The van der Waals surface area contributed by atoms with Crippen LogP contribution < -0.4 is 5.32 Å². The summed E-state index contributed by atoms with van der Waals surface area (Å²) in [5.74, 6) is -0.572. The number of ether oxygens (including phenoxy) is 3. The standard InChI is InChI=1S/C16H21NO5/c1-20-15(18)14(13-8-5-9-21-11-13)17-16(19)22-10-12-6-3-2-4-7-12/h2-4,6-7,13-14H,5,8-11H2,1H3,(H,17,19)/t13-,14?/m1/s1. The van der Waals surface area contributed by atoms with Crippen molar-refractivity contribution in [1.82, 2.24) is 5.32 Å². The highest BCUT2D eigenvalue weighted by molar-refractivity contribution is 5.81. The molecular weight excluding hydrogens is 286 g/mol. The van der Waals surface area contributed by atoms with Gasteiger partial charge in [-0.05, 0) is 18.4 Å². The minimum absolute atomic E-state index is 0.0922. The van der Waals surface area contributed by atoms with E-state index in [0.29, 0.717) is 13.2 Å². The van der Waals surface area contributed by atoms with Crippen molar-refractivity contribution in [2.45, 2.75) is 25.5 Å². The van der Waals surface area contributed by atoms with Crippen LogP contribution in [-0.4, -0.2) is 38.4 Å². The van der Waals surface area contributed by atoms with Crippen LogP contribution in [0.3, 0.4) is 0 Å². The Balaban J connectivity index is 1.88. The first kappa shape index (κ1) is 16.3. The van der Waals surface area contributed by atoms with Crippen LogP contribution in [0.4, 0.5) is 4.79 Å². The van der Waals surface area contributed by atoms with Gasteiger partial charge >= 0.3 is 12.1 Å². The average molecular weight is 307 g/mol. The molecule has 2 rings (SSSR count). The van der Waals surface area contributed by atoms with Gasteiger partial charge in [0.05, 0.1) is 13.7 Å². The van der Waals surface area contributed by atoms with Gasteiger partial charge in [-0.3, -0.25) is 0 Å². The molecule has 1 aliphatic heterocycles. The number of esters is 1. The lowest BCUT2D eigenvalue weighted by molar-refractivity contribution is -0.146. The van der Waals surface area contributed by atoms with Crippen molar-refractivity contribution in [2.24, 2.45) is 5.92 Å². The second-order valence-electron chi connectivity index (χ2n) is 5.18. The minimum Gasteiger partial charge on any atom is -0.467 e. The van der Waals surface area contributed by atoms with Crippen molar-refractivity contribution < 1.29 is 23.8 Å². The van der Waals surface area contributed by atoms with E-state index >= 15 is 0 Å². The van der Waals surface area contributed by atoms with E-state index < -0.39 is 18.1 Å². The first-order valence-electron chi connectivity index (χ1n) is 7.33. The van der Waals surface area contributed by atoms with Gasteiger partial charge in [0.2, 0.25) is 0 Å². The van der Waals surface area contributed by atoms with Gasteiger partial charge in [-0.2, -0.15) is 0 Å². The van der Waals surface area contributed by atoms with E-state index in [4.69, 9.17) is 14.2 Å². The maximum atomic E-state index is 11.9. The maximum absolute atomic E-state index is 11.9. The molecule has 1 aromatic carbocycles. The number of carbonyl (C=O) groups excluding carboxylic acids is 2. The summed E-state index contributed by atoms with van der Waals surface area (Å²) < 4.78 is 15.3. The van der Waals surface area contributed by atoms with Gasteiger partial charge in [0.1, 0.15) is 12.6 Å². The van der Waals surface area contributed by atoms with Crippen LogP contribution >= 0.6 is 0 Å². The van der Waals surface area contributed by atoms with Crippen LogP contribution in [0.1, 0.15) is 18.4 Å². The van der Waals surface area contributed by atoms with E-state index in [-0.39, 0.29) is 12.5 Å². The summed E-state index contributed by atoms with van der Waals surface area (Å²) in [6, 6.07) is 8.61. The third-order valence-corrected chi connectivity index (χ3v) is 3.61. The van der Waals surface area contributed by atoms with Crippen LogP contribution in [0, 0.1) is 5.92 Å². The summed E-state index contributed by atoms with van der Waals surface area (Å²) in [5.41, 5.74) is 0.883. The van der Waals surface area contributed by atoms with Crippen molar-refractivity contribution >= 4 is 12.1 Å². The second kappa shape index (κ2) is 8.38. The van der Waals surface area contributed by atoms with Crippen LogP contribution in [0.5, 0.6) is 0 Å². The fourth-order valence-electron chi connectivity index (χ4n) is 2.42. The zero-order valence-electron chi connectivity index (χ0n) is 12.6. The summed E-state index contributed by atoms with van der Waals surface area (Å²) in [6.07, 6.45) is 1.03. The van der Waals surface area contributed by atoms with Crippen molar-refractivity contribution in [1.29, 1.82) is 0 Å². The molecule has 1 amide bonds. The molecule has 1 unspecified atom stereocenters. The Morgan fingerprint density at radius 3 is 2.77 bits per heavy atom. The fourth-order valence-corrected chi connectivity index (χ4v) is 2.42. The Morgan fingerprint density at radius 2 is 2.14 bits per heavy atom. The summed E-state index contributed by atoms with van der Waals surface area (Å²) >= 11 is 0. The Bertz CT molecular complexity index is 485. The first-order valence-corrected chi connectivity index (χ1v) is 7.33. The van der Waals surface area contributed by atoms with Crippen molar-refractivity contribution in [2.75, 3.05) is 20.3 Å². The number of hydrogen-bond donors (Lipinski definition) is 1. The van der Waals surface area contributed by atoms with Crippen molar-refractivity contribution in [3.05, 3.63) is 35.9 Å². The number of carbonyl (C=O) groups is 2. The number of amides is 1. The van der Waals surface area contributed by atoms with Crippen LogP contribution in [0.15, 0.2) is 30.3 Å². The Kier molecular flexibility index (Phi) is 6.21. The van der Waals surface area contributed by atoms with E-state index in [2.05, 4.69) is 5.32 Å². The highest BCUT2D eigenvalue weighted by Crippen LogP contribution is 2.18. The van der Waals surface area contributed by atoms with Gasteiger partial charge in [0.25, 0.3) is 0 Å². The molecule has 0 aromatic heterocycles. The molecule has 0 radical (unpaired) electrons. The molecule has 1 aromatic rings. The van der Waals surface area contributed by atoms with Crippen molar-refractivity contribution in [3.63, 3.8) is 0 Å². The molecule has 6 nitrogen and oxygen atoms in total. The van der Waals surface area contributed by atoms with E-state index in [9.17, 15) is 9.59 Å². The number of benzene rings is 1. The molecule has 0 bridgehead atoms. The summed E-state index contributed by atoms with van der Waals surface area (Å²) in [4.78, 5) is 23.8. The molecule has 0 spiro atoms. The van der Waals surface area contributed by atoms with Crippen LogP contribution in [0.25, 0.3) is 0 Å². The molecule has 0 aliphatic carbocycles. The van der Waals surface area contributed by atoms with Gasteiger partial charge in [-0.1, -0.05) is 30.3 Å². The highest BCUT2D eigenvalue weighted by atomic mass is 16.6. The van der Waals surface area contributed by atoms with Crippen LogP contribution in [0.2, 0.25) is 0 Å². The minimum atomic E-state index is -0.742. The predicted molar refractivity (Wildman–Crippen MR) is 79.1 cm³/mol. The lowest BCUT2D eigenvalue weighted by atomic mass is 9.94. The molecule has 1 heterocycles. The Labute approximate surface area is 129 Å². The maximum Gasteiger partial charge on any atom is 0.408 e. The smallest absolute Gasteiger partial charge is 0.408 e. The number of nitrogens with one attached hydrogen (secondary N) is 1. The monoisotopic (exact) mass is 307 g/mol.